The van der Waals surface area contributed by atoms with Gasteiger partial charge in [-0.15, -0.1) is 0 Å². The first-order valence-electron chi connectivity index (χ1n) is 10.7. The number of alkyl halides is 1. The zero-order chi connectivity index (χ0) is 22.9. The number of aromatic nitrogens is 2. The van der Waals surface area contributed by atoms with Crippen molar-refractivity contribution < 1.29 is 35.1 Å². The maximum absolute atomic E-state index is 14.4. The number of anilines is 3. The number of carbonyl (C=O) groups is 1. The third-order valence-electron chi connectivity index (χ3n) is 5.77. The SMILES string of the molecule is COc1c(F)cccc1Nc1c2[nH]c3c1C(=O)NC[C@H]3[I-]/C=C(/C)CCNc1cnccc1-2. The van der Waals surface area contributed by atoms with E-state index in [0.29, 0.717) is 23.5 Å². The summed E-state index contributed by atoms with van der Waals surface area (Å²) in [5, 5.41) is 9.86. The summed E-state index contributed by atoms with van der Waals surface area (Å²) in [6, 6.07) is 6.62. The van der Waals surface area contributed by atoms with Crippen LogP contribution in [0.1, 0.15) is 33.3 Å². The number of methoxy groups -OCH3 is 1. The molecule has 0 fully saturated rings. The van der Waals surface area contributed by atoms with E-state index in [0.717, 1.165) is 35.6 Å². The van der Waals surface area contributed by atoms with Gasteiger partial charge in [-0.1, -0.05) is 0 Å². The van der Waals surface area contributed by atoms with Gasteiger partial charge in [0.1, 0.15) is 0 Å². The van der Waals surface area contributed by atoms with Gasteiger partial charge in [0.25, 0.3) is 0 Å². The second kappa shape index (κ2) is 9.05. The molecule has 2 aliphatic heterocycles. The molecule has 2 aliphatic rings. The number of ether oxygens (including phenoxy) is 1. The standard InChI is InChI=1S/C24H24FIN5O2/c1-13-6-9-28-18-12-27-8-7-14(18)20-22(30-17-5-3-4-15(25)23(17)33-2)19-21(31-20)16(26-10-13)11-29-24(19)32/h3-5,7-8,10,12,16,28,30-31H,6,9,11H2,1-2H3,(H,29,32)/q-1/b13-10-/t16-/m1/s1. The molecule has 4 heterocycles. The number of hydrogen-bond acceptors (Lipinski definition) is 5. The summed E-state index contributed by atoms with van der Waals surface area (Å²) in [5.74, 6) is -0.521. The van der Waals surface area contributed by atoms with Gasteiger partial charge in [0.15, 0.2) is 0 Å². The van der Waals surface area contributed by atoms with Crippen LogP contribution in [0.4, 0.5) is 21.5 Å². The number of H-pyrrole nitrogens is 1. The van der Waals surface area contributed by atoms with Crippen molar-refractivity contribution in [1.82, 2.24) is 15.3 Å². The first-order valence-corrected chi connectivity index (χ1v) is 13.2. The Bertz CT molecular complexity index is 1260. The molecule has 0 aliphatic carbocycles. The maximum atomic E-state index is 14.4. The van der Waals surface area contributed by atoms with Gasteiger partial charge in [-0.25, -0.2) is 0 Å². The Morgan fingerprint density at radius 3 is 3.00 bits per heavy atom. The van der Waals surface area contributed by atoms with Crippen LogP contribution in [-0.4, -0.2) is 36.1 Å². The fraction of sp³-hybridized carbons (Fsp3) is 0.250. The van der Waals surface area contributed by atoms with Gasteiger partial charge < -0.3 is 0 Å². The predicted octanol–water partition coefficient (Wildman–Crippen LogP) is 1.56. The van der Waals surface area contributed by atoms with Crippen molar-refractivity contribution in [3.8, 4) is 17.0 Å². The fourth-order valence-electron chi connectivity index (χ4n) is 4.13. The van der Waals surface area contributed by atoms with Crippen LogP contribution in [0, 0.1) is 5.82 Å². The molecule has 2 aromatic heterocycles. The van der Waals surface area contributed by atoms with E-state index in [1.54, 1.807) is 24.5 Å². The van der Waals surface area contributed by atoms with Crippen LogP contribution in [-0.2, 0) is 0 Å². The van der Waals surface area contributed by atoms with Crippen molar-refractivity contribution in [3.63, 3.8) is 0 Å². The summed E-state index contributed by atoms with van der Waals surface area (Å²) in [6.45, 7) is 3.55. The van der Waals surface area contributed by atoms with Gasteiger partial charge in [0, 0.05) is 0 Å². The monoisotopic (exact) mass is 560 g/mol. The number of rotatable bonds is 3. The second-order valence-electron chi connectivity index (χ2n) is 7.97. The van der Waals surface area contributed by atoms with E-state index >= 15 is 0 Å². The zero-order valence-corrected chi connectivity index (χ0v) is 20.4. The van der Waals surface area contributed by atoms with Gasteiger partial charge in [-0.05, 0) is 0 Å². The Kier molecular flexibility index (Phi) is 5.96. The Labute approximate surface area is 201 Å². The minimum atomic E-state index is -0.473. The molecule has 1 aromatic carbocycles. The molecule has 4 N–H and O–H groups in total. The number of amides is 1. The number of carbonyl (C=O) groups excluding carboxylic acids is 1. The Morgan fingerprint density at radius 1 is 1.27 bits per heavy atom. The van der Waals surface area contributed by atoms with E-state index in [1.165, 1.54) is 18.7 Å². The van der Waals surface area contributed by atoms with Crippen molar-refractivity contribution >= 4 is 23.0 Å². The number of nitrogens with zero attached hydrogens (tertiary/aromatic N) is 1. The average Bonchev–Trinajstić information content (AvgIpc) is 3.18. The zero-order valence-electron chi connectivity index (χ0n) is 18.3. The summed E-state index contributed by atoms with van der Waals surface area (Å²) in [4.78, 5) is 21.0. The van der Waals surface area contributed by atoms with Crippen molar-refractivity contribution in [1.29, 1.82) is 0 Å². The van der Waals surface area contributed by atoms with Gasteiger partial charge in [-0.3, -0.25) is 0 Å². The molecular weight excluding hydrogens is 536 g/mol. The third kappa shape index (κ3) is 4.05. The van der Waals surface area contributed by atoms with Crippen LogP contribution in [0.5, 0.6) is 5.75 Å². The molecule has 3 aromatic rings. The molecule has 1 amide bonds. The number of hydrogen-bond donors (Lipinski definition) is 4. The van der Waals surface area contributed by atoms with Gasteiger partial charge >= 0.3 is 202 Å². The molecule has 33 heavy (non-hydrogen) atoms. The molecule has 2 bridgehead atoms. The van der Waals surface area contributed by atoms with Crippen LogP contribution < -0.4 is 41.9 Å². The van der Waals surface area contributed by atoms with E-state index < -0.39 is 5.82 Å². The number of halogens is 2. The first kappa shape index (κ1) is 21.7. The number of nitrogens with one attached hydrogen (secondary N) is 4. The molecule has 1 atom stereocenters. The van der Waals surface area contributed by atoms with Crippen molar-refractivity contribution in [2.75, 3.05) is 30.8 Å². The topological polar surface area (TPSA) is 91.1 Å². The minimum absolute atomic E-state index is 0.100. The van der Waals surface area contributed by atoms with E-state index in [9.17, 15) is 9.18 Å². The predicted molar refractivity (Wildman–Crippen MR) is 122 cm³/mol. The summed E-state index contributed by atoms with van der Waals surface area (Å²) in [7, 11) is 1.43. The van der Waals surface area contributed by atoms with Gasteiger partial charge in [0.2, 0.25) is 0 Å². The number of para-hydroxylation sites is 1. The molecule has 5 rings (SSSR count). The molecule has 0 spiro atoms. The summed E-state index contributed by atoms with van der Waals surface area (Å²) in [5.41, 5.74) is 6.42. The Hall–Kier alpha value is -3.08. The van der Waals surface area contributed by atoms with Crippen LogP contribution in [0.2, 0.25) is 0 Å². The third-order valence-corrected chi connectivity index (χ3v) is 9.12. The van der Waals surface area contributed by atoms with E-state index in [2.05, 4.69) is 36.9 Å². The van der Waals surface area contributed by atoms with Crippen LogP contribution in [0.15, 0.2) is 46.3 Å². The Morgan fingerprint density at radius 2 is 2.15 bits per heavy atom. The molecule has 0 unspecified atom stereocenters. The fourth-order valence-corrected chi connectivity index (χ4v) is 6.79. The Balaban J connectivity index is 1.74. The quantitative estimate of drug-likeness (QED) is 0.289. The number of fused-ring (bicyclic) bond motifs is 3. The van der Waals surface area contributed by atoms with E-state index in [4.69, 9.17) is 4.74 Å². The summed E-state index contributed by atoms with van der Waals surface area (Å²) < 4.78 is 22.3. The van der Waals surface area contributed by atoms with Crippen molar-refractivity contribution in [3.05, 3.63) is 63.4 Å². The molecule has 7 nitrogen and oxygen atoms in total. The number of pyridine rings is 1. The van der Waals surface area contributed by atoms with Crippen LogP contribution >= 0.6 is 0 Å². The summed E-state index contributed by atoms with van der Waals surface area (Å²) >= 11 is -0.342. The average molecular weight is 560 g/mol. The van der Waals surface area contributed by atoms with E-state index in [-0.39, 0.29) is 36.8 Å². The number of aromatic amines is 1. The van der Waals surface area contributed by atoms with Crippen LogP contribution in [0.3, 0.4) is 0 Å². The van der Waals surface area contributed by atoms with Gasteiger partial charge in [-0.2, -0.15) is 0 Å². The van der Waals surface area contributed by atoms with Crippen molar-refractivity contribution in [2.24, 2.45) is 0 Å². The first-order chi connectivity index (χ1) is 16.1. The summed E-state index contributed by atoms with van der Waals surface area (Å²) in [6.07, 6.45) is 4.46. The van der Waals surface area contributed by atoms with Gasteiger partial charge in [0.05, 0.1) is 0 Å². The molecule has 9 heteroatoms. The van der Waals surface area contributed by atoms with Crippen LogP contribution in [0.25, 0.3) is 11.3 Å². The van der Waals surface area contributed by atoms with E-state index in [1.807, 2.05) is 6.07 Å². The normalized spacial score (nSPS) is 19.3. The molecular formula is C24H24FIN5O2-. The molecule has 172 valence electrons. The number of benzene rings is 1. The molecule has 0 saturated carbocycles. The molecule has 0 saturated heterocycles. The van der Waals surface area contributed by atoms with Crippen molar-refractivity contribution in [2.45, 2.75) is 17.3 Å². The molecule has 0 radical (unpaired) electrons. The second-order valence-corrected chi connectivity index (χ2v) is 10.8.